The Bertz CT molecular complexity index is 1610. The molecular formula is C28H28N6O2. The summed E-state index contributed by atoms with van der Waals surface area (Å²) in [6.07, 6.45) is 8.15. The standard InChI is InChI=1S/C28H28N6O2/c1-33-26(21(15-30-33)17-9-10-19-20(13-17)22(14-29)31-32-25(19)35)34-23-6-4-5-18(16-7-8-16)24(23)28(27(34)36)11-2-3-12-28/h4-6,9-10,13,15-16H,2-3,7-8,11-12,14,29H2,1H3,(H,32,35). The fraction of sp³-hybridized carbons (Fsp3) is 0.357. The van der Waals surface area contributed by atoms with Crippen molar-refractivity contribution in [2.24, 2.45) is 12.8 Å². The van der Waals surface area contributed by atoms with Crippen molar-refractivity contribution in [3.8, 4) is 11.1 Å². The number of fused-ring (bicyclic) bond motifs is 3. The van der Waals surface area contributed by atoms with Gasteiger partial charge in [-0.1, -0.05) is 31.0 Å². The van der Waals surface area contributed by atoms with Crippen LogP contribution in [0.25, 0.3) is 21.9 Å². The van der Waals surface area contributed by atoms with E-state index < -0.39 is 5.41 Å². The Morgan fingerprint density at radius 2 is 1.92 bits per heavy atom. The fourth-order valence-corrected chi connectivity index (χ4v) is 6.53. The largest absolute Gasteiger partial charge is 0.325 e. The third kappa shape index (κ3) is 2.85. The molecule has 2 fully saturated rings. The zero-order valence-corrected chi connectivity index (χ0v) is 20.3. The Morgan fingerprint density at radius 3 is 2.67 bits per heavy atom. The van der Waals surface area contributed by atoms with Crippen molar-refractivity contribution < 1.29 is 4.79 Å². The number of anilines is 2. The number of hydrogen-bond donors (Lipinski definition) is 2. The molecule has 3 N–H and O–H groups in total. The number of amides is 1. The average molecular weight is 481 g/mol. The summed E-state index contributed by atoms with van der Waals surface area (Å²) in [5, 5.41) is 12.5. The predicted octanol–water partition coefficient (Wildman–Crippen LogP) is 4.15. The minimum absolute atomic E-state index is 0.162. The highest BCUT2D eigenvalue weighted by Crippen LogP contribution is 2.58. The third-order valence-corrected chi connectivity index (χ3v) is 8.37. The number of carbonyl (C=O) groups is 1. The lowest BCUT2D eigenvalue weighted by Gasteiger charge is -2.25. The number of nitrogens with zero attached hydrogens (tertiary/aromatic N) is 4. The number of rotatable bonds is 4. The van der Waals surface area contributed by atoms with Gasteiger partial charge in [0, 0.05) is 24.5 Å². The molecular weight excluding hydrogens is 452 g/mol. The molecule has 2 aromatic carbocycles. The van der Waals surface area contributed by atoms with Gasteiger partial charge in [-0.05, 0) is 66.5 Å². The molecule has 8 heteroatoms. The van der Waals surface area contributed by atoms with E-state index in [-0.39, 0.29) is 18.0 Å². The molecule has 0 radical (unpaired) electrons. The summed E-state index contributed by atoms with van der Waals surface area (Å²) in [6.45, 7) is 0.209. The minimum Gasteiger partial charge on any atom is -0.325 e. The molecule has 1 amide bonds. The van der Waals surface area contributed by atoms with Gasteiger partial charge in [0.2, 0.25) is 5.91 Å². The van der Waals surface area contributed by atoms with Crippen molar-refractivity contribution in [1.29, 1.82) is 0 Å². The number of aromatic amines is 1. The van der Waals surface area contributed by atoms with Gasteiger partial charge >= 0.3 is 0 Å². The summed E-state index contributed by atoms with van der Waals surface area (Å²) in [5.74, 6) is 1.48. The highest BCUT2D eigenvalue weighted by Gasteiger charge is 2.55. The Labute approximate surface area is 208 Å². The Kier molecular flexibility index (Phi) is 4.54. The lowest BCUT2D eigenvalue weighted by atomic mass is 9.77. The van der Waals surface area contributed by atoms with Gasteiger partial charge in [-0.15, -0.1) is 0 Å². The van der Waals surface area contributed by atoms with Crippen LogP contribution in [0.3, 0.4) is 0 Å². The molecule has 1 spiro atoms. The molecule has 1 aliphatic heterocycles. The van der Waals surface area contributed by atoms with E-state index in [2.05, 4.69) is 33.5 Å². The van der Waals surface area contributed by atoms with Gasteiger partial charge in [-0.25, -0.2) is 5.10 Å². The first-order valence-electron chi connectivity index (χ1n) is 12.8. The van der Waals surface area contributed by atoms with Gasteiger partial charge < -0.3 is 5.73 Å². The predicted molar refractivity (Wildman–Crippen MR) is 138 cm³/mol. The lowest BCUT2D eigenvalue weighted by Crippen LogP contribution is -2.37. The number of nitrogens with one attached hydrogen (secondary N) is 1. The molecule has 3 aliphatic rings. The summed E-state index contributed by atoms with van der Waals surface area (Å²) in [4.78, 5) is 28.7. The maximum Gasteiger partial charge on any atom is 0.272 e. The molecule has 4 aromatic rings. The van der Waals surface area contributed by atoms with Crippen LogP contribution >= 0.6 is 0 Å². The van der Waals surface area contributed by atoms with Crippen LogP contribution in [0, 0.1) is 0 Å². The smallest absolute Gasteiger partial charge is 0.272 e. The van der Waals surface area contributed by atoms with Crippen molar-refractivity contribution in [2.45, 2.75) is 56.4 Å². The van der Waals surface area contributed by atoms with Crippen LogP contribution < -0.4 is 16.2 Å². The van der Waals surface area contributed by atoms with Crippen LogP contribution in [-0.2, 0) is 23.8 Å². The first kappa shape index (κ1) is 21.5. The Hall–Kier alpha value is -3.78. The van der Waals surface area contributed by atoms with Crippen LogP contribution in [0.15, 0.2) is 47.4 Å². The highest BCUT2D eigenvalue weighted by atomic mass is 16.2. The number of hydrogen-bond acceptors (Lipinski definition) is 5. The summed E-state index contributed by atoms with van der Waals surface area (Å²) in [6, 6.07) is 12.1. The minimum atomic E-state index is -0.441. The fourth-order valence-electron chi connectivity index (χ4n) is 6.53. The van der Waals surface area contributed by atoms with E-state index in [1.165, 1.54) is 24.0 Å². The van der Waals surface area contributed by atoms with Gasteiger partial charge in [0.1, 0.15) is 5.82 Å². The molecule has 2 aromatic heterocycles. The average Bonchev–Trinajstić information content (AvgIpc) is 3.43. The maximum atomic E-state index is 14.4. The SMILES string of the molecule is Cn1ncc(-c2ccc3c(=O)[nH]nc(CN)c3c2)c1N1C(=O)C2(CCCC2)c2c(C3CC3)cccc21. The molecule has 7 rings (SSSR count). The number of carbonyl (C=O) groups excluding carboxylic acids is 1. The molecule has 0 atom stereocenters. The zero-order valence-electron chi connectivity index (χ0n) is 20.3. The first-order chi connectivity index (χ1) is 17.5. The van der Waals surface area contributed by atoms with Crippen molar-refractivity contribution in [3.63, 3.8) is 0 Å². The van der Waals surface area contributed by atoms with Crippen LogP contribution in [0.2, 0.25) is 0 Å². The van der Waals surface area contributed by atoms with Crippen LogP contribution in [0.1, 0.15) is 61.3 Å². The summed E-state index contributed by atoms with van der Waals surface area (Å²) in [5.41, 5.74) is 11.2. The third-order valence-electron chi connectivity index (χ3n) is 8.37. The number of aromatic nitrogens is 4. The first-order valence-corrected chi connectivity index (χ1v) is 12.8. The number of benzene rings is 2. The van der Waals surface area contributed by atoms with E-state index in [4.69, 9.17) is 5.73 Å². The van der Waals surface area contributed by atoms with Crippen molar-refractivity contribution in [3.05, 3.63) is 69.8 Å². The molecule has 0 bridgehead atoms. The van der Waals surface area contributed by atoms with E-state index >= 15 is 0 Å². The second-order valence-corrected chi connectivity index (χ2v) is 10.4. The molecule has 2 saturated carbocycles. The van der Waals surface area contributed by atoms with Gasteiger partial charge in [0.05, 0.1) is 28.4 Å². The lowest BCUT2D eigenvalue weighted by molar-refractivity contribution is -0.122. The quantitative estimate of drug-likeness (QED) is 0.456. The maximum absolute atomic E-state index is 14.4. The Balaban J connectivity index is 1.44. The second-order valence-electron chi connectivity index (χ2n) is 10.4. The van der Waals surface area contributed by atoms with Crippen molar-refractivity contribution >= 4 is 28.2 Å². The number of aryl methyl sites for hydroxylation is 1. The molecule has 8 nitrogen and oxygen atoms in total. The van der Waals surface area contributed by atoms with E-state index in [1.54, 1.807) is 16.9 Å². The van der Waals surface area contributed by atoms with Gasteiger partial charge in [-0.3, -0.25) is 19.2 Å². The molecule has 36 heavy (non-hydrogen) atoms. The van der Waals surface area contributed by atoms with Crippen molar-refractivity contribution in [2.75, 3.05) is 4.90 Å². The molecule has 0 unspecified atom stereocenters. The molecule has 0 saturated heterocycles. The van der Waals surface area contributed by atoms with Crippen LogP contribution in [0.4, 0.5) is 11.5 Å². The van der Waals surface area contributed by atoms with E-state index in [0.29, 0.717) is 22.4 Å². The Morgan fingerprint density at radius 1 is 1.11 bits per heavy atom. The van der Waals surface area contributed by atoms with Gasteiger partial charge in [-0.2, -0.15) is 10.2 Å². The zero-order chi connectivity index (χ0) is 24.6. The number of H-pyrrole nitrogens is 1. The molecule has 182 valence electrons. The monoisotopic (exact) mass is 480 g/mol. The van der Waals surface area contributed by atoms with E-state index in [0.717, 1.165) is 48.3 Å². The van der Waals surface area contributed by atoms with Gasteiger partial charge in [0.25, 0.3) is 5.56 Å². The second kappa shape index (κ2) is 7.61. The van der Waals surface area contributed by atoms with Crippen molar-refractivity contribution in [1.82, 2.24) is 20.0 Å². The topological polar surface area (TPSA) is 110 Å². The summed E-state index contributed by atoms with van der Waals surface area (Å²) >= 11 is 0. The van der Waals surface area contributed by atoms with Gasteiger partial charge in [0.15, 0.2) is 0 Å². The normalized spacial score (nSPS) is 18.5. The number of nitrogens with two attached hydrogens (primary N) is 1. The summed E-state index contributed by atoms with van der Waals surface area (Å²) < 4.78 is 1.79. The van der Waals surface area contributed by atoms with E-state index in [1.807, 2.05) is 24.1 Å². The highest BCUT2D eigenvalue weighted by molar-refractivity contribution is 6.15. The molecule has 2 aliphatic carbocycles. The van der Waals surface area contributed by atoms with Crippen LogP contribution in [0.5, 0.6) is 0 Å². The van der Waals surface area contributed by atoms with Crippen LogP contribution in [-0.4, -0.2) is 25.9 Å². The molecule has 3 heterocycles. The van der Waals surface area contributed by atoms with E-state index in [9.17, 15) is 9.59 Å². The summed E-state index contributed by atoms with van der Waals surface area (Å²) in [7, 11) is 1.88.